The number of aromatic nitrogens is 2. The molecule has 0 radical (unpaired) electrons. The second-order valence-corrected chi connectivity index (χ2v) is 3.45. The zero-order chi connectivity index (χ0) is 13.1. The molecule has 0 atom stereocenters. The van der Waals surface area contributed by atoms with Crippen LogP contribution in [0.3, 0.4) is 0 Å². The Morgan fingerprint density at radius 1 is 1.11 bits per heavy atom. The molecule has 92 valence electrons. The minimum atomic E-state index is -0.705. The number of nitrogens with zero attached hydrogens (tertiary/aromatic N) is 2. The maximum Gasteiger partial charge on any atom is 0.358 e. The lowest BCUT2D eigenvalue weighted by Gasteiger charge is -2.02. The summed E-state index contributed by atoms with van der Waals surface area (Å²) in [4.78, 5) is 11.1. The lowest BCUT2D eigenvalue weighted by Crippen LogP contribution is -2.05. The molecule has 4 nitrogen and oxygen atoms in total. The highest BCUT2D eigenvalue weighted by molar-refractivity contribution is 5.87. The highest BCUT2D eigenvalue weighted by atomic mass is 19.1. The van der Waals surface area contributed by atoms with E-state index >= 15 is 0 Å². The summed E-state index contributed by atoms with van der Waals surface area (Å²) in [5, 5.41) is 7.33. The molecule has 0 saturated carbocycles. The van der Waals surface area contributed by atoms with E-state index < -0.39 is 17.6 Å². The first-order chi connectivity index (χ1) is 8.60. The van der Waals surface area contributed by atoms with Crippen LogP contribution >= 0.6 is 0 Å². The number of benzene rings is 1. The summed E-state index contributed by atoms with van der Waals surface area (Å²) in [6.07, 6.45) is 0. The van der Waals surface area contributed by atoms with Crippen LogP contribution in [0.15, 0.2) is 30.3 Å². The minimum Gasteiger partial charge on any atom is -0.464 e. The topological polar surface area (TPSA) is 52.1 Å². The van der Waals surface area contributed by atoms with E-state index in [9.17, 15) is 13.6 Å². The summed E-state index contributed by atoms with van der Waals surface area (Å²) >= 11 is 0. The molecule has 0 spiro atoms. The van der Waals surface area contributed by atoms with Crippen LogP contribution in [-0.2, 0) is 4.74 Å². The lowest BCUT2D eigenvalue weighted by atomic mass is 10.1. The molecule has 0 saturated heterocycles. The summed E-state index contributed by atoms with van der Waals surface area (Å²) in [5.74, 6) is -2.04. The number of carbonyl (C=O) groups excluding carboxylic acids is 1. The number of methoxy groups -OCH3 is 1. The van der Waals surface area contributed by atoms with Crippen molar-refractivity contribution in [2.75, 3.05) is 7.11 Å². The molecule has 2 aromatic rings. The molecule has 0 unspecified atom stereocenters. The average Bonchev–Trinajstić information content (AvgIpc) is 2.37. The molecule has 0 aliphatic carbocycles. The first-order valence-electron chi connectivity index (χ1n) is 4.98. The predicted molar refractivity (Wildman–Crippen MR) is 58.7 cm³/mol. The summed E-state index contributed by atoms with van der Waals surface area (Å²) in [6, 6.07) is 5.83. The largest absolute Gasteiger partial charge is 0.464 e. The van der Waals surface area contributed by atoms with Crippen LogP contribution in [0.25, 0.3) is 11.3 Å². The van der Waals surface area contributed by atoms with Gasteiger partial charge in [0, 0.05) is 11.6 Å². The monoisotopic (exact) mass is 250 g/mol. The van der Waals surface area contributed by atoms with E-state index in [1.54, 1.807) is 0 Å². The van der Waals surface area contributed by atoms with E-state index in [2.05, 4.69) is 14.9 Å². The smallest absolute Gasteiger partial charge is 0.358 e. The number of rotatable bonds is 2. The van der Waals surface area contributed by atoms with Gasteiger partial charge in [0.2, 0.25) is 0 Å². The molecular formula is C12H8F2N2O2. The molecule has 2 rings (SSSR count). The highest BCUT2D eigenvalue weighted by Crippen LogP contribution is 2.19. The first kappa shape index (κ1) is 12.1. The van der Waals surface area contributed by atoms with E-state index in [-0.39, 0.29) is 17.0 Å². The molecule has 0 N–H and O–H groups in total. The van der Waals surface area contributed by atoms with Crippen molar-refractivity contribution in [1.29, 1.82) is 0 Å². The summed E-state index contributed by atoms with van der Waals surface area (Å²) < 4.78 is 30.5. The summed E-state index contributed by atoms with van der Waals surface area (Å²) in [7, 11) is 1.22. The lowest BCUT2D eigenvalue weighted by molar-refractivity contribution is 0.0592. The van der Waals surface area contributed by atoms with E-state index in [1.165, 1.54) is 19.2 Å². The van der Waals surface area contributed by atoms with E-state index in [1.807, 2.05) is 0 Å². The third-order valence-electron chi connectivity index (χ3n) is 2.22. The highest BCUT2D eigenvalue weighted by Gasteiger charge is 2.09. The van der Waals surface area contributed by atoms with Crippen LogP contribution in [-0.4, -0.2) is 23.3 Å². The fourth-order valence-corrected chi connectivity index (χ4v) is 1.40. The van der Waals surface area contributed by atoms with Crippen LogP contribution in [0.5, 0.6) is 0 Å². The average molecular weight is 250 g/mol. The third-order valence-corrected chi connectivity index (χ3v) is 2.22. The van der Waals surface area contributed by atoms with E-state index in [0.717, 1.165) is 18.2 Å². The van der Waals surface area contributed by atoms with Crippen molar-refractivity contribution < 1.29 is 18.3 Å². The Balaban J connectivity index is 2.37. The quantitative estimate of drug-likeness (QED) is 0.767. The van der Waals surface area contributed by atoms with Gasteiger partial charge in [-0.2, -0.15) is 0 Å². The van der Waals surface area contributed by atoms with Gasteiger partial charge < -0.3 is 4.74 Å². The molecule has 0 aliphatic heterocycles. The third kappa shape index (κ3) is 2.48. The van der Waals surface area contributed by atoms with Gasteiger partial charge in [-0.15, -0.1) is 10.2 Å². The molecular weight excluding hydrogens is 242 g/mol. The van der Waals surface area contributed by atoms with Crippen molar-refractivity contribution in [2.24, 2.45) is 0 Å². The van der Waals surface area contributed by atoms with Gasteiger partial charge in [-0.3, -0.25) is 0 Å². The van der Waals surface area contributed by atoms with E-state index in [0.29, 0.717) is 0 Å². The van der Waals surface area contributed by atoms with Crippen LogP contribution in [0.4, 0.5) is 8.78 Å². The van der Waals surface area contributed by atoms with Gasteiger partial charge in [-0.1, -0.05) is 0 Å². The van der Waals surface area contributed by atoms with E-state index in [4.69, 9.17) is 0 Å². The molecule has 0 bridgehead atoms. The number of ether oxygens (including phenoxy) is 1. The molecule has 1 heterocycles. The number of halogens is 2. The van der Waals surface area contributed by atoms with Gasteiger partial charge in [-0.25, -0.2) is 13.6 Å². The molecule has 1 aromatic carbocycles. The predicted octanol–water partition coefficient (Wildman–Crippen LogP) is 2.21. The Hall–Kier alpha value is -2.37. The fourth-order valence-electron chi connectivity index (χ4n) is 1.40. The first-order valence-corrected chi connectivity index (χ1v) is 4.98. The Kier molecular flexibility index (Phi) is 3.27. The number of esters is 1. The van der Waals surface area contributed by atoms with Gasteiger partial charge in [0.15, 0.2) is 5.69 Å². The minimum absolute atomic E-state index is 0.0260. The number of hydrogen-bond acceptors (Lipinski definition) is 4. The zero-order valence-corrected chi connectivity index (χ0v) is 9.35. The van der Waals surface area contributed by atoms with Crippen molar-refractivity contribution in [3.05, 3.63) is 47.7 Å². The zero-order valence-electron chi connectivity index (χ0n) is 9.35. The standard InChI is InChI=1S/C12H8F2N2O2/c1-18-12(17)11-3-2-10(15-16-11)7-4-8(13)6-9(14)5-7/h2-6H,1H3. The number of hydrogen-bond donors (Lipinski definition) is 0. The van der Waals surface area contributed by atoms with Gasteiger partial charge >= 0.3 is 5.97 Å². The molecule has 1 aromatic heterocycles. The Morgan fingerprint density at radius 3 is 2.28 bits per heavy atom. The Bertz CT molecular complexity index is 565. The molecule has 0 fully saturated rings. The van der Waals surface area contributed by atoms with Crippen molar-refractivity contribution >= 4 is 5.97 Å². The van der Waals surface area contributed by atoms with Gasteiger partial charge in [-0.05, 0) is 24.3 Å². The van der Waals surface area contributed by atoms with Crippen molar-refractivity contribution in [3.8, 4) is 11.3 Å². The van der Waals surface area contributed by atoms with Crippen LogP contribution in [0, 0.1) is 11.6 Å². The van der Waals surface area contributed by atoms with Crippen molar-refractivity contribution in [3.63, 3.8) is 0 Å². The summed E-state index contributed by atoms with van der Waals surface area (Å²) in [6.45, 7) is 0. The van der Waals surface area contributed by atoms with Crippen molar-refractivity contribution in [2.45, 2.75) is 0 Å². The molecule has 18 heavy (non-hydrogen) atoms. The second kappa shape index (κ2) is 4.87. The van der Waals surface area contributed by atoms with Crippen LogP contribution < -0.4 is 0 Å². The van der Waals surface area contributed by atoms with Crippen LogP contribution in [0.2, 0.25) is 0 Å². The maximum atomic E-state index is 13.0. The fraction of sp³-hybridized carbons (Fsp3) is 0.0833. The molecule has 0 aliphatic rings. The summed E-state index contributed by atoms with van der Waals surface area (Å²) in [5.41, 5.74) is 0.538. The normalized spacial score (nSPS) is 10.2. The Labute approximate surface area is 101 Å². The number of carbonyl (C=O) groups is 1. The Morgan fingerprint density at radius 2 is 1.78 bits per heavy atom. The second-order valence-electron chi connectivity index (χ2n) is 3.45. The van der Waals surface area contributed by atoms with Crippen LogP contribution in [0.1, 0.15) is 10.5 Å². The molecule has 0 amide bonds. The van der Waals surface area contributed by atoms with Gasteiger partial charge in [0.1, 0.15) is 11.6 Å². The molecule has 6 heteroatoms. The maximum absolute atomic E-state index is 13.0. The van der Waals surface area contributed by atoms with Gasteiger partial charge in [0.05, 0.1) is 12.8 Å². The van der Waals surface area contributed by atoms with Gasteiger partial charge in [0.25, 0.3) is 0 Å². The SMILES string of the molecule is COC(=O)c1ccc(-c2cc(F)cc(F)c2)nn1. The van der Waals surface area contributed by atoms with Crippen molar-refractivity contribution in [1.82, 2.24) is 10.2 Å².